The minimum atomic E-state index is -0.929. The first-order valence-corrected chi connectivity index (χ1v) is 3.68. The molecule has 0 aliphatic rings. The van der Waals surface area contributed by atoms with Gasteiger partial charge < -0.3 is 9.63 Å². The molecule has 0 aromatic carbocycles. The van der Waals surface area contributed by atoms with Crippen LogP contribution in [0.4, 0.5) is 0 Å². The zero-order valence-corrected chi connectivity index (χ0v) is 6.94. The van der Waals surface area contributed by atoms with Crippen molar-refractivity contribution in [2.45, 2.75) is 26.2 Å². The van der Waals surface area contributed by atoms with Crippen molar-refractivity contribution < 1.29 is 14.4 Å². The molecule has 0 fully saturated rings. The first-order chi connectivity index (χ1) is 5.65. The van der Waals surface area contributed by atoms with Crippen LogP contribution in [0.25, 0.3) is 0 Å². The van der Waals surface area contributed by atoms with Gasteiger partial charge in [0.2, 0.25) is 5.89 Å². The molecule has 1 aromatic heterocycles. The Labute approximate surface area is 69.4 Å². The molecule has 5 heteroatoms. The van der Waals surface area contributed by atoms with E-state index in [-0.39, 0.29) is 5.89 Å². The van der Waals surface area contributed by atoms with Crippen molar-refractivity contribution in [3.8, 4) is 0 Å². The smallest absolute Gasteiger partial charge is 0.316 e. The van der Waals surface area contributed by atoms with Crippen LogP contribution in [0.3, 0.4) is 0 Å². The predicted octanol–water partition coefficient (Wildman–Crippen LogP) is 0.956. The van der Waals surface area contributed by atoms with E-state index in [0.717, 1.165) is 0 Å². The summed E-state index contributed by atoms with van der Waals surface area (Å²) in [6.45, 7) is 3.42. The highest BCUT2D eigenvalue weighted by Crippen LogP contribution is 2.16. The quantitative estimate of drug-likeness (QED) is 0.730. The number of aryl methyl sites for hydroxylation is 1. The molecule has 1 rings (SSSR count). The number of rotatable bonds is 3. The van der Waals surface area contributed by atoms with Crippen molar-refractivity contribution in [2.24, 2.45) is 0 Å². The van der Waals surface area contributed by atoms with Crippen LogP contribution in [-0.4, -0.2) is 21.2 Å². The van der Waals surface area contributed by atoms with Gasteiger partial charge in [-0.25, -0.2) is 0 Å². The van der Waals surface area contributed by atoms with E-state index in [2.05, 4.69) is 10.1 Å². The molecule has 0 radical (unpaired) electrons. The SMILES string of the molecule is CCC(C(=O)O)c1nc(C)no1. The van der Waals surface area contributed by atoms with Gasteiger partial charge in [-0.15, -0.1) is 0 Å². The molecule has 5 nitrogen and oxygen atoms in total. The molecule has 12 heavy (non-hydrogen) atoms. The lowest BCUT2D eigenvalue weighted by molar-refractivity contribution is -0.139. The molecule has 1 atom stereocenters. The minimum absolute atomic E-state index is 0.183. The van der Waals surface area contributed by atoms with Gasteiger partial charge in [-0.3, -0.25) is 4.79 Å². The summed E-state index contributed by atoms with van der Waals surface area (Å²) in [6, 6.07) is 0. The maximum Gasteiger partial charge on any atom is 0.316 e. The van der Waals surface area contributed by atoms with Crippen LogP contribution in [-0.2, 0) is 4.79 Å². The van der Waals surface area contributed by atoms with Crippen LogP contribution in [0.15, 0.2) is 4.52 Å². The van der Waals surface area contributed by atoms with Gasteiger partial charge >= 0.3 is 5.97 Å². The van der Waals surface area contributed by atoms with Gasteiger partial charge in [0.25, 0.3) is 0 Å². The molecule has 0 saturated heterocycles. The standard InChI is InChI=1S/C7H10N2O3/c1-3-5(7(10)11)6-8-4(2)9-12-6/h5H,3H2,1-2H3,(H,10,11). The second kappa shape index (κ2) is 3.34. The highest BCUT2D eigenvalue weighted by molar-refractivity contribution is 5.74. The van der Waals surface area contributed by atoms with Gasteiger partial charge in [0, 0.05) is 0 Å². The van der Waals surface area contributed by atoms with E-state index in [0.29, 0.717) is 12.2 Å². The van der Waals surface area contributed by atoms with Crippen molar-refractivity contribution >= 4 is 5.97 Å². The van der Waals surface area contributed by atoms with Crippen molar-refractivity contribution in [2.75, 3.05) is 0 Å². The molecular formula is C7H10N2O3. The van der Waals surface area contributed by atoms with Gasteiger partial charge in [-0.05, 0) is 13.3 Å². The van der Waals surface area contributed by atoms with Gasteiger partial charge in [0.1, 0.15) is 5.92 Å². The lowest BCUT2D eigenvalue weighted by atomic mass is 10.1. The summed E-state index contributed by atoms with van der Waals surface area (Å²) in [4.78, 5) is 14.5. The Morgan fingerprint density at radius 1 is 1.75 bits per heavy atom. The fraction of sp³-hybridized carbons (Fsp3) is 0.571. The van der Waals surface area contributed by atoms with Crippen LogP contribution in [0, 0.1) is 6.92 Å². The summed E-state index contributed by atoms with van der Waals surface area (Å²) >= 11 is 0. The molecule has 0 saturated carbocycles. The van der Waals surface area contributed by atoms with E-state index < -0.39 is 11.9 Å². The number of hydrogen-bond donors (Lipinski definition) is 1. The first-order valence-electron chi connectivity index (χ1n) is 3.68. The van der Waals surface area contributed by atoms with E-state index in [9.17, 15) is 4.79 Å². The molecule has 1 heterocycles. The average molecular weight is 170 g/mol. The predicted molar refractivity (Wildman–Crippen MR) is 39.7 cm³/mol. The topological polar surface area (TPSA) is 76.2 Å². The summed E-state index contributed by atoms with van der Waals surface area (Å²) in [5.74, 6) is -0.959. The monoisotopic (exact) mass is 170 g/mol. The number of nitrogens with zero attached hydrogens (tertiary/aromatic N) is 2. The molecule has 1 unspecified atom stereocenters. The molecule has 0 aliphatic heterocycles. The largest absolute Gasteiger partial charge is 0.481 e. The zero-order chi connectivity index (χ0) is 9.14. The second-order valence-corrected chi connectivity index (χ2v) is 2.48. The summed E-state index contributed by atoms with van der Waals surface area (Å²) < 4.78 is 4.74. The Kier molecular flexibility index (Phi) is 2.42. The summed E-state index contributed by atoms with van der Waals surface area (Å²) in [6.07, 6.45) is 0.455. The number of hydrogen-bond acceptors (Lipinski definition) is 4. The minimum Gasteiger partial charge on any atom is -0.481 e. The second-order valence-electron chi connectivity index (χ2n) is 2.48. The average Bonchev–Trinajstić information content (AvgIpc) is 2.37. The Hall–Kier alpha value is -1.39. The van der Waals surface area contributed by atoms with Gasteiger partial charge in [-0.1, -0.05) is 12.1 Å². The fourth-order valence-corrected chi connectivity index (χ4v) is 0.910. The molecule has 0 amide bonds. The molecule has 66 valence electrons. The van der Waals surface area contributed by atoms with Crippen molar-refractivity contribution in [3.05, 3.63) is 11.7 Å². The summed E-state index contributed by atoms with van der Waals surface area (Å²) in [5.41, 5.74) is 0. The van der Waals surface area contributed by atoms with Crippen LogP contribution in [0.5, 0.6) is 0 Å². The van der Waals surface area contributed by atoms with E-state index >= 15 is 0 Å². The number of carboxylic acids is 1. The third-order valence-electron chi connectivity index (χ3n) is 1.55. The maximum absolute atomic E-state index is 10.6. The van der Waals surface area contributed by atoms with Gasteiger partial charge in [0.15, 0.2) is 5.82 Å². The van der Waals surface area contributed by atoms with E-state index in [1.807, 2.05) is 0 Å². The number of carbonyl (C=O) groups is 1. The van der Waals surface area contributed by atoms with Crippen LogP contribution in [0.1, 0.15) is 31.0 Å². The highest BCUT2D eigenvalue weighted by Gasteiger charge is 2.23. The number of carboxylic acid groups (broad SMARTS) is 1. The van der Waals surface area contributed by atoms with Gasteiger partial charge in [-0.2, -0.15) is 4.98 Å². The lowest BCUT2D eigenvalue weighted by Crippen LogP contribution is -2.10. The Balaban J connectivity index is 2.87. The molecule has 1 N–H and O–H groups in total. The Morgan fingerprint density at radius 3 is 2.75 bits per heavy atom. The normalized spacial score (nSPS) is 12.8. The molecule has 0 bridgehead atoms. The number of aromatic nitrogens is 2. The van der Waals surface area contributed by atoms with E-state index in [1.165, 1.54) is 0 Å². The van der Waals surface area contributed by atoms with Crippen molar-refractivity contribution in [3.63, 3.8) is 0 Å². The van der Waals surface area contributed by atoms with Crippen LogP contribution < -0.4 is 0 Å². The van der Waals surface area contributed by atoms with Crippen molar-refractivity contribution in [1.29, 1.82) is 0 Å². The van der Waals surface area contributed by atoms with Crippen molar-refractivity contribution in [1.82, 2.24) is 10.1 Å². The first kappa shape index (κ1) is 8.70. The maximum atomic E-state index is 10.6. The summed E-state index contributed by atoms with van der Waals surface area (Å²) in [5, 5.41) is 12.2. The molecule has 0 spiro atoms. The summed E-state index contributed by atoms with van der Waals surface area (Å²) in [7, 11) is 0. The zero-order valence-electron chi connectivity index (χ0n) is 6.94. The number of aliphatic carboxylic acids is 1. The lowest BCUT2D eigenvalue weighted by Gasteiger charge is -2.01. The van der Waals surface area contributed by atoms with Crippen LogP contribution >= 0.6 is 0 Å². The Bertz CT molecular complexity index is 282. The molecular weight excluding hydrogens is 160 g/mol. The fourth-order valence-electron chi connectivity index (χ4n) is 0.910. The Morgan fingerprint density at radius 2 is 2.42 bits per heavy atom. The van der Waals surface area contributed by atoms with E-state index in [4.69, 9.17) is 9.63 Å². The van der Waals surface area contributed by atoms with Crippen LogP contribution in [0.2, 0.25) is 0 Å². The van der Waals surface area contributed by atoms with E-state index in [1.54, 1.807) is 13.8 Å². The highest BCUT2D eigenvalue weighted by atomic mass is 16.5. The molecule has 0 aliphatic carbocycles. The van der Waals surface area contributed by atoms with Gasteiger partial charge in [0.05, 0.1) is 0 Å². The third-order valence-corrected chi connectivity index (χ3v) is 1.55. The third kappa shape index (κ3) is 1.61. The molecule has 1 aromatic rings.